The molecule has 0 saturated heterocycles. The third kappa shape index (κ3) is 3.46. The molecule has 0 bridgehead atoms. The quantitative estimate of drug-likeness (QED) is 0.389. The first-order chi connectivity index (χ1) is 7.49. The third-order valence-corrected chi connectivity index (χ3v) is 4.10. The minimum absolute atomic E-state index is 0.148. The van der Waals surface area contributed by atoms with Gasteiger partial charge in [-0.3, -0.25) is 16.1 Å². The number of carboxylic acids is 1. The molecule has 0 aromatic carbocycles. The fraction of sp³-hybridized carbons (Fsp3) is 0.917. The summed E-state index contributed by atoms with van der Waals surface area (Å²) in [6.07, 6.45) is 4.48. The Labute approximate surface area is 97.6 Å². The van der Waals surface area contributed by atoms with Crippen molar-refractivity contribution in [3.05, 3.63) is 0 Å². The number of hydrazine groups is 1. The van der Waals surface area contributed by atoms with Crippen molar-refractivity contribution in [2.75, 3.05) is 6.54 Å². The molecule has 94 valence electrons. The summed E-state index contributed by atoms with van der Waals surface area (Å²) in [6, 6.07) is 0. The van der Waals surface area contributed by atoms with Crippen LogP contribution in [0.15, 0.2) is 0 Å². The normalized spacial score (nSPS) is 35.7. The van der Waals surface area contributed by atoms with Gasteiger partial charge in [-0.2, -0.15) is 0 Å². The SMILES string of the molecule is C[C@H]1CCCC(CNN)(CC(=O)O)C[C@@H]1C. The Morgan fingerprint density at radius 1 is 1.50 bits per heavy atom. The van der Waals surface area contributed by atoms with Gasteiger partial charge in [0.05, 0.1) is 6.42 Å². The monoisotopic (exact) mass is 228 g/mol. The fourth-order valence-electron chi connectivity index (χ4n) is 2.99. The van der Waals surface area contributed by atoms with Crippen molar-refractivity contribution in [3.63, 3.8) is 0 Å². The molecule has 0 heterocycles. The molecule has 1 saturated carbocycles. The maximum Gasteiger partial charge on any atom is 0.303 e. The lowest BCUT2D eigenvalue weighted by Crippen LogP contribution is -2.40. The molecule has 0 amide bonds. The van der Waals surface area contributed by atoms with E-state index in [1.165, 1.54) is 6.42 Å². The minimum atomic E-state index is -0.711. The zero-order valence-electron chi connectivity index (χ0n) is 10.3. The first-order valence-electron chi connectivity index (χ1n) is 6.14. The zero-order valence-corrected chi connectivity index (χ0v) is 10.3. The molecule has 4 N–H and O–H groups in total. The van der Waals surface area contributed by atoms with Crippen molar-refractivity contribution in [3.8, 4) is 0 Å². The van der Waals surface area contributed by atoms with E-state index in [4.69, 9.17) is 10.9 Å². The molecular weight excluding hydrogens is 204 g/mol. The highest BCUT2D eigenvalue weighted by Gasteiger charge is 2.37. The van der Waals surface area contributed by atoms with Gasteiger partial charge in [-0.1, -0.05) is 26.7 Å². The van der Waals surface area contributed by atoms with Crippen LogP contribution in [0.4, 0.5) is 0 Å². The van der Waals surface area contributed by atoms with Crippen LogP contribution < -0.4 is 11.3 Å². The highest BCUT2D eigenvalue weighted by Crippen LogP contribution is 2.42. The van der Waals surface area contributed by atoms with Crippen LogP contribution in [-0.2, 0) is 4.79 Å². The molecule has 4 nitrogen and oxygen atoms in total. The molecule has 3 atom stereocenters. The van der Waals surface area contributed by atoms with E-state index in [-0.39, 0.29) is 11.8 Å². The van der Waals surface area contributed by atoms with Gasteiger partial charge >= 0.3 is 5.97 Å². The Kier molecular flexibility index (Phi) is 4.74. The van der Waals surface area contributed by atoms with Gasteiger partial charge in [-0.25, -0.2) is 0 Å². The maximum absolute atomic E-state index is 11.0. The first-order valence-corrected chi connectivity index (χ1v) is 6.14. The van der Waals surface area contributed by atoms with E-state index >= 15 is 0 Å². The summed E-state index contributed by atoms with van der Waals surface area (Å²) in [5, 5.41) is 9.03. The van der Waals surface area contributed by atoms with Crippen LogP contribution in [0.3, 0.4) is 0 Å². The summed E-state index contributed by atoms with van der Waals surface area (Å²) in [6.45, 7) is 5.09. The molecule has 1 unspecified atom stereocenters. The average molecular weight is 228 g/mol. The number of aliphatic carboxylic acids is 1. The van der Waals surface area contributed by atoms with Gasteiger partial charge in [0.2, 0.25) is 0 Å². The summed E-state index contributed by atoms with van der Waals surface area (Å²) in [4.78, 5) is 11.0. The van der Waals surface area contributed by atoms with Crippen LogP contribution >= 0.6 is 0 Å². The van der Waals surface area contributed by atoms with E-state index in [1.54, 1.807) is 0 Å². The van der Waals surface area contributed by atoms with Crippen LogP contribution in [-0.4, -0.2) is 17.6 Å². The van der Waals surface area contributed by atoms with Crippen LogP contribution in [0.1, 0.15) is 46.0 Å². The summed E-state index contributed by atoms with van der Waals surface area (Å²) >= 11 is 0. The Morgan fingerprint density at radius 3 is 2.75 bits per heavy atom. The Bertz CT molecular complexity index is 245. The standard InChI is InChI=1S/C12H24N2O2/c1-9-4-3-5-12(8-14-13,6-10(9)2)7-11(15)16/h9-10,14H,3-8,13H2,1-2H3,(H,15,16)/t9-,10-,12?/m0/s1. The minimum Gasteiger partial charge on any atom is -0.481 e. The van der Waals surface area contributed by atoms with Gasteiger partial charge < -0.3 is 5.11 Å². The lowest BCUT2D eigenvalue weighted by atomic mass is 9.74. The molecule has 4 heteroatoms. The summed E-state index contributed by atoms with van der Waals surface area (Å²) in [5.74, 6) is 5.96. The largest absolute Gasteiger partial charge is 0.481 e. The van der Waals surface area contributed by atoms with Crippen molar-refractivity contribution in [2.45, 2.75) is 46.0 Å². The number of hydrogen-bond donors (Lipinski definition) is 3. The van der Waals surface area contributed by atoms with Gasteiger partial charge in [-0.05, 0) is 30.1 Å². The van der Waals surface area contributed by atoms with Crippen molar-refractivity contribution in [1.82, 2.24) is 5.43 Å². The van der Waals surface area contributed by atoms with Crippen molar-refractivity contribution < 1.29 is 9.90 Å². The highest BCUT2D eigenvalue weighted by molar-refractivity contribution is 5.67. The van der Waals surface area contributed by atoms with E-state index in [2.05, 4.69) is 19.3 Å². The van der Waals surface area contributed by atoms with Crippen LogP contribution in [0.2, 0.25) is 0 Å². The van der Waals surface area contributed by atoms with E-state index in [0.29, 0.717) is 18.4 Å². The van der Waals surface area contributed by atoms with E-state index in [1.807, 2.05) is 0 Å². The molecule has 1 fully saturated rings. The lowest BCUT2D eigenvalue weighted by molar-refractivity contribution is -0.140. The number of nitrogens with two attached hydrogens (primary N) is 1. The van der Waals surface area contributed by atoms with Crippen LogP contribution in [0.25, 0.3) is 0 Å². The van der Waals surface area contributed by atoms with Gasteiger partial charge in [0, 0.05) is 6.54 Å². The molecule has 0 radical (unpaired) electrons. The van der Waals surface area contributed by atoms with E-state index < -0.39 is 5.97 Å². The Morgan fingerprint density at radius 2 is 2.19 bits per heavy atom. The predicted molar refractivity (Wildman–Crippen MR) is 63.7 cm³/mol. The predicted octanol–water partition coefficient (Wildman–Crippen LogP) is 1.76. The second kappa shape index (κ2) is 5.64. The summed E-state index contributed by atoms with van der Waals surface area (Å²) in [7, 11) is 0. The number of rotatable bonds is 4. The third-order valence-electron chi connectivity index (χ3n) is 4.10. The number of hydrogen-bond acceptors (Lipinski definition) is 3. The molecule has 0 spiro atoms. The first kappa shape index (κ1) is 13.5. The van der Waals surface area contributed by atoms with Crippen molar-refractivity contribution in [1.29, 1.82) is 0 Å². The van der Waals surface area contributed by atoms with Gasteiger partial charge in [0.1, 0.15) is 0 Å². The Hall–Kier alpha value is -0.610. The zero-order chi connectivity index (χ0) is 12.2. The van der Waals surface area contributed by atoms with E-state index in [9.17, 15) is 4.79 Å². The van der Waals surface area contributed by atoms with Gasteiger partial charge in [0.25, 0.3) is 0 Å². The molecule has 16 heavy (non-hydrogen) atoms. The summed E-state index contributed by atoms with van der Waals surface area (Å²) in [5.41, 5.74) is 2.54. The molecular formula is C12H24N2O2. The summed E-state index contributed by atoms with van der Waals surface area (Å²) < 4.78 is 0. The molecule has 1 aliphatic rings. The van der Waals surface area contributed by atoms with Crippen LogP contribution in [0.5, 0.6) is 0 Å². The smallest absolute Gasteiger partial charge is 0.303 e. The second-order valence-electron chi connectivity index (χ2n) is 5.50. The number of carboxylic acid groups (broad SMARTS) is 1. The second-order valence-corrected chi connectivity index (χ2v) is 5.50. The number of carbonyl (C=O) groups is 1. The van der Waals surface area contributed by atoms with E-state index in [0.717, 1.165) is 19.3 Å². The van der Waals surface area contributed by atoms with Crippen molar-refractivity contribution >= 4 is 5.97 Å². The van der Waals surface area contributed by atoms with Gasteiger partial charge in [0.15, 0.2) is 0 Å². The molecule has 0 aliphatic heterocycles. The van der Waals surface area contributed by atoms with Crippen molar-refractivity contribution in [2.24, 2.45) is 23.1 Å². The average Bonchev–Trinajstić information content (AvgIpc) is 2.27. The molecule has 1 rings (SSSR count). The molecule has 0 aromatic heterocycles. The fourth-order valence-corrected chi connectivity index (χ4v) is 2.99. The van der Waals surface area contributed by atoms with Gasteiger partial charge in [-0.15, -0.1) is 0 Å². The topological polar surface area (TPSA) is 75.3 Å². The lowest BCUT2D eigenvalue weighted by Gasteiger charge is -2.33. The Balaban J connectivity index is 2.77. The maximum atomic E-state index is 11.0. The molecule has 1 aliphatic carbocycles. The number of nitrogens with one attached hydrogen (secondary N) is 1. The highest BCUT2D eigenvalue weighted by atomic mass is 16.4. The molecule has 0 aromatic rings. The van der Waals surface area contributed by atoms with Crippen LogP contribution in [0, 0.1) is 17.3 Å².